The Balaban J connectivity index is 1.73. The highest BCUT2D eigenvalue weighted by atomic mass is 35.5. The standard InChI is InChI=1S/C16H20ClN7O/c1-23-4-6-24(7-5-23)12-2-3-13(19-10-12)20-14-8-11(16(18)25)9-15(21-14)22-17/h2-3,8-10H,4-7H2,1H3,(H2,18,25)(H2,19,20,21,22). The van der Waals surface area contributed by atoms with Crippen LogP contribution >= 0.6 is 11.8 Å². The van der Waals surface area contributed by atoms with E-state index < -0.39 is 5.91 Å². The van der Waals surface area contributed by atoms with Crippen molar-refractivity contribution in [1.29, 1.82) is 0 Å². The van der Waals surface area contributed by atoms with Crippen LogP contribution < -0.4 is 20.8 Å². The van der Waals surface area contributed by atoms with E-state index in [1.165, 1.54) is 6.07 Å². The molecule has 0 spiro atoms. The maximum Gasteiger partial charge on any atom is 0.248 e. The average Bonchev–Trinajstić information content (AvgIpc) is 2.63. The molecule has 0 atom stereocenters. The highest BCUT2D eigenvalue weighted by Crippen LogP contribution is 2.21. The highest BCUT2D eigenvalue weighted by molar-refractivity contribution is 6.23. The van der Waals surface area contributed by atoms with Crippen LogP contribution in [0.25, 0.3) is 0 Å². The Morgan fingerprint density at radius 3 is 2.48 bits per heavy atom. The molecule has 8 nitrogen and oxygen atoms in total. The van der Waals surface area contributed by atoms with Gasteiger partial charge in [0.25, 0.3) is 0 Å². The predicted octanol–water partition coefficient (Wildman–Crippen LogP) is 1.64. The van der Waals surface area contributed by atoms with E-state index in [0.717, 1.165) is 31.9 Å². The first-order valence-corrected chi connectivity index (χ1v) is 8.28. The molecule has 1 fully saturated rings. The number of pyridine rings is 2. The first kappa shape index (κ1) is 17.2. The zero-order valence-corrected chi connectivity index (χ0v) is 14.6. The fraction of sp³-hybridized carbons (Fsp3) is 0.312. The molecule has 9 heteroatoms. The smallest absolute Gasteiger partial charge is 0.248 e. The van der Waals surface area contributed by atoms with Gasteiger partial charge in [-0.15, -0.1) is 0 Å². The SMILES string of the molecule is CN1CCN(c2ccc(Nc3cc(C(N)=O)cc(NCl)n3)nc2)CC1. The lowest BCUT2D eigenvalue weighted by Gasteiger charge is -2.33. The zero-order chi connectivity index (χ0) is 17.8. The van der Waals surface area contributed by atoms with Crippen LogP contribution in [0.2, 0.25) is 0 Å². The molecule has 25 heavy (non-hydrogen) atoms. The predicted molar refractivity (Wildman–Crippen MR) is 99.5 cm³/mol. The molecule has 1 aliphatic rings. The summed E-state index contributed by atoms with van der Waals surface area (Å²) in [6, 6.07) is 6.92. The maximum absolute atomic E-state index is 11.4. The van der Waals surface area contributed by atoms with Crippen LogP contribution in [0.1, 0.15) is 10.4 Å². The minimum atomic E-state index is -0.558. The molecule has 0 aliphatic carbocycles. The van der Waals surface area contributed by atoms with E-state index in [9.17, 15) is 4.79 Å². The number of halogens is 1. The quantitative estimate of drug-likeness (QED) is 0.696. The number of amides is 1. The second kappa shape index (κ2) is 7.54. The van der Waals surface area contributed by atoms with Crippen LogP contribution in [-0.2, 0) is 0 Å². The Morgan fingerprint density at radius 2 is 1.88 bits per heavy atom. The molecule has 4 N–H and O–H groups in total. The van der Waals surface area contributed by atoms with Crippen molar-refractivity contribution in [2.24, 2.45) is 5.73 Å². The number of likely N-dealkylation sites (N-methyl/N-ethyl adjacent to an activating group) is 1. The van der Waals surface area contributed by atoms with Crippen LogP contribution in [0.15, 0.2) is 30.5 Å². The number of carbonyl (C=O) groups is 1. The van der Waals surface area contributed by atoms with Gasteiger partial charge in [0.15, 0.2) is 0 Å². The molecule has 0 bridgehead atoms. The van der Waals surface area contributed by atoms with Gasteiger partial charge in [-0.1, -0.05) is 0 Å². The van der Waals surface area contributed by atoms with Crippen molar-refractivity contribution < 1.29 is 4.79 Å². The van der Waals surface area contributed by atoms with E-state index in [-0.39, 0.29) is 0 Å². The summed E-state index contributed by atoms with van der Waals surface area (Å²) in [5.74, 6) is 0.818. The van der Waals surface area contributed by atoms with Gasteiger partial charge in [-0.2, -0.15) is 0 Å². The summed E-state index contributed by atoms with van der Waals surface area (Å²) in [5, 5.41) is 3.06. The van der Waals surface area contributed by atoms with Gasteiger partial charge in [0.1, 0.15) is 17.5 Å². The molecule has 0 aromatic carbocycles. The lowest BCUT2D eigenvalue weighted by molar-refractivity contribution is 0.100. The molecule has 0 saturated carbocycles. The number of anilines is 4. The third-order valence-electron chi connectivity index (χ3n) is 4.08. The van der Waals surface area contributed by atoms with Crippen molar-refractivity contribution in [1.82, 2.24) is 14.9 Å². The second-order valence-corrected chi connectivity index (χ2v) is 6.09. The van der Waals surface area contributed by atoms with Gasteiger partial charge in [-0.25, -0.2) is 9.97 Å². The molecule has 1 aliphatic heterocycles. The third kappa shape index (κ3) is 4.28. The number of hydrogen-bond acceptors (Lipinski definition) is 7. The number of hydrogen-bond donors (Lipinski definition) is 3. The monoisotopic (exact) mass is 361 g/mol. The lowest BCUT2D eigenvalue weighted by Crippen LogP contribution is -2.44. The minimum Gasteiger partial charge on any atom is -0.368 e. The second-order valence-electron chi connectivity index (χ2n) is 5.90. The van der Waals surface area contributed by atoms with Crippen molar-refractivity contribution >= 4 is 40.8 Å². The average molecular weight is 362 g/mol. The number of nitrogens with zero attached hydrogens (tertiary/aromatic N) is 4. The van der Waals surface area contributed by atoms with Gasteiger partial charge in [-0.05, 0) is 31.3 Å². The van der Waals surface area contributed by atoms with Crippen molar-refractivity contribution in [2.45, 2.75) is 0 Å². The van der Waals surface area contributed by atoms with E-state index in [1.807, 2.05) is 18.3 Å². The van der Waals surface area contributed by atoms with Crippen molar-refractivity contribution in [3.05, 3.63) is 36.0 Å². The van der Waals surface area contributed by atoms with E-state index in [0.29, 0.717) is 23.0 Å². The number of carbonyl (C=O) groups excluding carboxylic acids is 1. The Bertz CT molecular complexity index is 745. The van der Waals surface area contributed by atoms with Crippen molar-refractivity contribution in [2.75, 3.05) is 48.3 Å². The van der Waals surface area contributed by atoms with Crippen molar-refractivity contribution in [3.8, 4) is 0 Å². The number of nitrogens with one attached hydrogen (secondary N) is 2. The Morgan fingerprint density at radius 1 is 1.16 bits per heavy atom. The number of aromatic nitrogens is 2. The molecule has 2 aromatic rings. The normalized spacial score (nSPS) is 15.0. The number of nitrogens with two attached hydrogens (primary N) is 1. The summed E-state index contributed by atoms with van der Waals surface area (Å²) in [4.78, 5) is 27.0. The van der Waals surface area contributed by atoms with Crippen LogP contribution in [-0.4, -0.2) is 54.0 Å². The lowest BCUT2D eigenvalue weighted by atomic mass is 10.2. The van der Waals surface area contributed by atoms with Gasteiger partial charge < -0.3 is 20.9 Å². The summed E-state index contributed by atoms with van der Waals surface area (Å²) in [6.07, 6.45) is 1.83. The van der Waals surface area contributed by atoms with Gasteiger partial charge in [0, 0.05) is 43.5 Å². The first-order chi connectivity index (χ1) is 12.0. The third-order valence-corrected chi connectivity index (χ3v) is 4.27. The zero-order valence-electron chi connectivity index (χ0n) is 13.9. The molecule has 3 heterocycles. The van der Waals surface area contributed by atoms with E-state index >= 15 is 0 Å². The fourth-order valence-electron chi connectivity index (χ4n) is 2.63. The van der Waals surface area contributed by atoms with E-state index in [2.05, 4.69) is 37.0 Å². The van der Waals surface area contributed by atoms with Crippen LogP contribution in [0.3, 0.4) is 0 Å². The largest absolute Gasteiger partial charge is 0.368 e. The number of primary amides is 1. The molecule has 1 amide bonds. The Kier molecular flexibility index (Phi) is 5.20. The van der Waals surface area contributed by atoms with Crippen molar-refractivity contribution in [3.63, 3.8) is 0 Å². The van der Waals surface area contributed by atoms with Crippen LogP contribution in [0.5, 0.6) is 0 Å². The van der Waals surface area contributed by atoms with Gasteiger partial charge in [0.05, 0.1) is 11.9 Å². The van der Waals surface area contributed by atoms with Gasteiger partial charge >= 0.3 is 0 Å². The first-order valence-electron chi connectivity index (χ1n) is 7.90. The fourth-order valence-corrected chi connectivity index (χ4v) is 2.73. The Labute approximate surface area is 151 Å². The van der Waals surface area contributed by atoms with Crippen LogP contribution in [0.4, 0.5) is 23.1 Å². The minimum absolute atomic E-state index is 0.301. The molecule has 0 radical (unpaired) electrons. The molecule has 3 rings (SSSR count). The molecular formula is C16H20ClN7O. The van der Waals surface area contributed by atoms with E-state index in [1.54, 1.807) is 6.07 Å². The summed E-state index contributed by atoms with van der Waals surface area (Å²) >= 11 is 5.58. The number of piperazine rings is 1. The topological polar surface area (TPSA) is 99.4 Å². The molecule has 132 valence electrons. The number of rotatable bonds is 5. The molecular weight excluding hydrogens is 342 g/mol. The summed E-state index contributed by atoms with van der Waals surface area (Å²) in [5.41, 5.74) is 6.71. The molecule has 2 aromatic heterocycles. The Hall–Kier alpha value is -2.58. The van der Waals surface area contributed by atoms with Crippen LogP contribution in [0, 0.1) is 0 Å². The molecule has 0 unspecified atom stereocenters. The van der Waals surface area contributed by atoms with Gasteiger partial charge in [-0.3, -0.25) is 9.63 Å². The van der Waals surface area contributed by atoms with E-state index in [4.69, 9.17) is 17.5 Å². The van der Waals surface area contributed by atoms with Gasteiger partial charge in [0.2, 0.25) is 5.91 Å². The summed E-state index contributed by atoms with van der Waals surface area (Å²) < 4.78 is 0. The summed E-state index contributed by atoms with van der Waals surface area (Å²) in [6.45, 7) is 4.05. The summed E-state index contributed by atoms with van der Waals surface area (Å²) in [7, 11) is 2.12. The molecule has 1 saturated heterocycles. The maximum atomic E-state index is 11.4. The highest BCUT2D eigenvalue weighted by Gasteiger charge is 2.14.